The first-order chi connectivity index (χ1) is 11.2. The van der Waals surface area contributed by atoms with Crippen LogP contribution in [0.1, 0.15) is 32.5 Å². The maximum atomic E-state index is 12.9. The minimum Gasteiger partial charge on any atom is -0.348 e. The van der Waals surface area contributed by atoms with Crippen LogP contribution >= 0.6 is 23.5 Å². The quantitative estimate of drug-likeness (QED) is 0.875. The van der Waals surface area contributed by atoms with E-state index in [1.165, 1.54) is 35.6 Å². The number of hydrogen-bond donors (Lipinski definition) is 1. The fourth-order valence-electron chi connectivity index (χ4n) is 2.36. The predicted octanol–water partition coefficient (Wildman–Crippen LogP) is 4.62. The van der Waals surface area contributed by atoms with Crippen LogP contribution in [0.2, 0.25) is 0 Å². The largest absolute Gasteiger partial charge is 0.348 e. The molecule has 0 atom stereocenters. The first-order valence-corrected chi connectivity index (χ1v) is 9.68. The number of thioether (sulfide) groups is 2. The van der Waals surface area contributed by atoms with Gasteiger partial charge in [-0.1, -0.05) is 24.3 Å². The molecule has 1 heterocycles. The summed E-state index contributed by atoms with van der Waals surface area (Å²) in [6, 6.07) is 14.0. The molecule has 5 heteroatoms. The Morgan fingerprint density at radius 1 is 1.04 bits per heavy atom. The molecule has 1 saturated heterocycles. The molecular formula is C18H18FNOS2. The molecule has 0 aromatic heterocycles. The number of carbonyl (C=O) groups excluding carboxylic acids is 1. The summed E-state index contributed by atoms with van der Waals surface area (Å²) >= 11 is 3.94. The maximum absolute atomic E-state index is 12.9. The molecule has 120 valence electrons. The molecule has 0 spiro atoms. The highest BCUT2D eigenvalue weighted by atomic mass is 32.2. The van der Waals surface area contributed by atoms with Gasteiger partial charge in [0.25, 0.3) is 5.91 Å². The molecule has 1 aliphatic rings. The second kappa shape index (κ2) is 7.88. The zero-order valence-electron chi connectivity index (χ0n) is 12.6. The summed E-state index contributed by atoms with van der Waals surface area (Å²) in [4.78, 5) is 12.2. The van der Waals surface area contributed by atoms with Gasteiger partial charge in [0.2, 0.25) is 0 Å². The van der Waals surface area contributed by atoms with Crippen LogP contribution in [0.4, 0.5) is 4.39 Å². The number of nitrogens with one attached hydrogen (secondary N) is 1. The van der Waals surface area contributed by atoms with Crippen LogP contribution in [0.3, 0.4) is 0 Å². The van der Waals surface area contributed by atoms with E-state index in [1.807, 2.05) is 47.8 Å². The van der Waals surface area contributed by atoms with Crippen molar-refractivity contribution in [2.45, 2.75) is 17.5 Å². The monoisotopic (exact) mass is 347 g/mol. The molecule has 0 saturated carbocycles. The molecule has 3 rings (SSSR count). The van der Waals surface area contributed by atoms with Crippen LogP contribution in [0.5, 0.6) is 0 Å². The van der Waals surface area contributed by atoms with Crippen LogP contribution in [0, 0.1) is 5.82 Å². The van der Waals surface area contributed by atoms with Crippen LogP contribution in [0.25, 0.3) is 0 Å². The molecule has 23 heavy (non-hydrogen) atoms. The predicted molar refractivity (Wildman–Crippen MR) is 96.3 cm³/mol. The van der Waals surface area contributed by atoms with Gasteiger partial charge in [0.15, 0.2) is 0 Å². The first-order valence-electron chi connectivity index (χ1n) is 7.58. The lowest BCUT2D eigenvalue weighted by Crippen LogP contribution is -2.22. The molecule has 0 bridgehead atoms. The average Bonchev–Trinajstić information content (AvgIpc) is 2.62. The van der Waals surface area contributed by atoms with Crippen molar-refractivity contribution in [1.29, 1.82) is 0 Å². The Balaban J connectivity index is 1.57. The normalized spacial score (nSPS) is 15.3. The fourth-order valence-corrected chi connectivity index (χ4v) is 5.25. The molecule has 1 N–H and O–H groups in total. The summed E-state index contributed by atoms with van der Waals surface area (Å²) in [7, 11) is 0. The van der Waals surface area contributed by atoms with E-state index < -0.39 is 0 Å². The Hall–Kier alpha value is -1.46. The molecule has 2 aromatic rings. The third-order valence-corrected chi connectivity index (χ3v) is 6.65. The lowest BCUT2D eigenvalue weighted by molar-refractivity contribution is 0.0951. The summed E-state index contributed by atoms with van der Waals surface area (Å²) in [5.41, 5.74) is 2.81. The molecule has 1 aliphatic heterocycles. The number of benzene rings is 2. The van der Waals surface area contributed by atoms with Crippen molar-refractivity contribution in [2.75, 3.05) is 11.5 Å². The molecule has 0 aliphatic carbocycles. The van der Waals surface area contributed by atoms with E-state index in [-0.39, 0.29) is 11.7 Å². The van der Waals surface area contributed by atoms with Crippen molar-refractivity contribution in [2.24, 2.45) is 0 Å². The van der Waals surface area contributed by atoms with Crippen LogP contribution in [-0.4, -0.2) is 17.4 Å². The number of rotatable bonds is 4. The summed E-state index contributed by atoms with van der Waals surface area (Å²) in [5, 5.41) is 2.86. The van der Waals surface area contributed by atoms with E-state index in [9.17, 15) is 9.18 Å². The number of carbonyl (C=O) groups is 1. The van der Waals surface area contributed by atoms with E-state index in [0.717, 1.165) is 5.56 Å². The lowest BCUT2D eigenvalue weighted by Gasteiger charge is -2.21. The zero-order chi connectivity index (χ0) is 16.1. The third-order valence-electron chi connectivity index (χ3n) is 3.64. The van der Waals surface area contributed by atoms with Crippen molar-refractivity contribution >= 4 is 29.4 Å². The van der Waals surface area contributed by atoms with Crippen molar-refractivity contribution in [3.05, 3.63) is 71.0 Å². The van der Waals surface area contributed by atoms with E-state index in [0.29, 0.717) is 16.7 Å². The molecule has 0 unspecified atom stereocenters. The van der Waals surface area contributed by atoms with Gasteiger partial charge in [-0.15, -0.1) is 23.5 Å². The van der Waals surface area contributed by atoms with Gasteiger partial charge in [-0.3, -0.25) is 4.79 Å². The Kier molecular flexibility index (Phi) is 5.62. The van der Waals surface area contributed by atoms with Crippen LogP contribution < -0.4 is 5.32 Å². The van der Waals surface area contributed by atoms with Gasteiger partial charge in [-0.05, 0) is 53.3 Å². The summed E-state index contributed by atoms with van der Waals surface area (Å²) in [6.45, 7) is 0.398. The van der Waals surface area contributed by atoms with Gasteiger partial charge in [0.1, 0.15) is 5.82 Å². The van der Waals surface area contributed by atoms with E-state index in [2.05, 4.69) is 5.32 Å². The first kappa shape index (κ1) is 16.4. The molecule has 1 amide bonds. The number of halogens is 1. The standard InChI is InChI=1S/C18H18FNOS2/c19-16-8-2-13(3-9-16)12-20-17(21)14-4-6-15(7-5-14)18-22-10-1-11-23-18/h2-9,18H,1,10-12H2,(H,20,21). The maximum Gasteiger partial charge on any atom is 0.251 e. The fraction of sp³-hybridized carbons (Fsp3) is 0.278. The van der Waals surface area contributed by atoms with E-state index in [4.69, 9.17) is 0 Å². The van der Waals surface area contributed by atoms with Crippen molar-refractivity contribution in [3.8, 4) is 0 Å². The van der Waals surface area contributed by atoms with Gasteiger partial charge < -0.3 is 5.32 Å². The molecule has 0 radical (unpaired) electrons. The van der Waals surface area contributed by atoms with E-state index in [1.54, 1.807) is 12.1 Å². The number of amides is 1. The van der Waals surface area contributed by atoms with Crippen LogP contribution in [-0.2, 0) is 6.54 Å². The summed E-state index contributed by atoms with van der Waals surface area (Å²) in [5.74, 6) is 2.04. The van der Waals surface area contributed by atoms with Gasteiger partial charge in [0.05, 0.1) is 4.58 Å². The molecule has 1 fully saturated rings. The van der Waals surface area contributed by atoms with Gasteiger partial charge >= 0.3 is 0 Å². The second-order valence-electron chi connectivity index (χ2n) is 5.36. The van der Waals surface area contributed by atoms with Crippen molar-refractivity contribution in [1.82, 2.24) is 5.32 Å². The molecule has 2 nitrogen and oxygen atoms in total. The Bertz CT molecular complexity index is 652. The SMILES string of the molecule is O=C(NCc1ccc(F)cc1)c1ccc(C2SCCCS2)cc1. The summed E-state index contributed by atoms with van der Waals surface area (Å²) in [6.07, 6.45) is 1.27. The Morgan fingerprint density at radius 2 is 1.70 bits per heavy atom. The summed E-state index contributed by atoms with van der Waals surface area (Å²) < 4.78 is 13.3. The minimum absolute atomic E-state index is 0.107. The minimum atomic E-state index is -0.269. The Morgan fingerprint density at radius 3 is 2.35 bits per heavy atom. The highest BCUT2D eigenvalue weighted by Crippen LogP contribution is 2.43. The highest BCUT2D eigenvalue weighted by molar-refractivity contribution is 8.16. The highest BCUT2D eigenvalue weighted by Gasteiger charge is 2.16. The molecular weight excluding hydrogens is 329 g/mol. The van der Waals surface area contributed by atoms with Gasteiger partial charge in [0, 0.05) is 12.1 Å². The zero-order valence-corrected chi connectivity index (χ0v) is 14.3. The van der Waals surface area contributed by atoms with Crippen LogP contribution in [0.15, 0.2) is 48.5 Å². The third kappa shape index (κ3) is 4.52. The second-order valence-corrected chi connectivity index (χ2v) is 8.08. The van der Waals surface area contributed by atoms with Crippen molar-refractivity contribution < 1.29 is 9.18 Å². The van der Waals surface area contributed by atoms with Gasteiger partial charge in [-0.25, -0.2) is 4.39 Å². The average molecular weight is 347 g/mol. The smallest absolute Gasteiger partial charge is 0.251 e. The van der Waals surface area contributed by atoms with Gasteiger partial charge in [-0.2, -0.15) is 0 Å². The Labute approximate surface area is 144 Å². The number of hydrogen-bond acceptors (Lipinski definition) is 3. The lowest BCUT2D eigenvalue weighted by atomic mass is 10.1. The topological polar surface area (TPSA) is 29.1 Å². The van der Waals surface area contributed by atoms with E-state index >= 15 is 0 Å². The molecule has 2 aromatic carbocycles. The van der Waals surface area contributed by atoms with Crippen molar-refractivity contribution in [3.63, 3.8) is 0 Å².